The molecule has 0 atom stereocenters. The van der Waals surface area contributed by atoms with E-state index in [9.17, 15) is 4.79 Å². The van der Waals surface area contributed by atoms with Gasteiger partial charge < -0.3 is 9.64 Å². The van der Waals surface area contributed by atoms with Crippen molar-refractivity contribution in [2.75, 3.05) is 25.1 Å². The maximum Gasteiger partial charge on any atom is 0.338 e. The van der Waals surface area contributed by atoms with Gasteiger partial charge in [0.1, 0.15) is 0 Å². The minimum absolute atomic E-state index is 0.249. The Morgan fingerprint density at radius 3 is 2.30 bits per heavy atom. The van der Waals surface area contributed by atoms with Gasteiger partial charge in [-0.2, -0.15) is 0 Å². The maximum absolute atomic E-state index is 11.6. The summed E-state index contributed by atoms with van der Waals surface area (Å²) in [6.45, 7) is 5.52. The second-order valence-electron chi connectivity index (χ2n) is 5.10. The first-order valence-corrected chi connectivity index (χ1v) is 7.67. The van der Waals surface area contributed by atoms with Gasteiger partial charge in [0.15, 0.2) is 0 Å². The van der Waals surface area contributed by atoms with Crippen LogP contribution in [0.25, 0.3) is 0 Å². The summed E-state index contributed by atoms with van der Waals surface area (Å²) in [6.07, 6.45) is 6.45. The van der Waals surface area contributed by atoms with E-state index in [1.54, 1.807) is 0 Å². The van der Waals surface area contributed by atoms with Crippen LogP contribution in [0.1, 0.15) is 56.3 Å². The molecule has 0 bridgehead atoms. The molecule has 0 aromatic heterocycles. The van der Waals surface area contributed by atoms with E-state index in [1.807, 2.05) is 31.2 Å². The van der Waals surface area contributed by atoms with E-state index in [0.717, 1.165) is 12.2 Å². The minimum Gasteiger partial charge on any atom is -0.462 e. The molecule has 0 N–H and O–H groups in total. The van der Waals surface area contributed by atoms with E-state index in [4.69, 9.17) is 4.74 Å². The van der Waals surface area contributed by atoms with Crippen molar-refractivity contribution in [1.29, 1.82) is 0 Å². The standard InChI is InChI=1S/C17H27NO2/c1-4-6-7-8-9-14-18(3)16-12-10-15(11-13-16)17(19)20-5-2/h10-13H,4-9,14H2,1-3H3. The third-order valence-electron chi connectivity index (χ3n) is 3.42. The molecule has 112 valence electrons. The lowest BCUT2D eigenvalue weighted by Crippen LogP contribution is -2.18. The van der Waals surface area contributed by atoms with Gasteiger partial charge in [0.05, 0.1) is 12.2 Å². The first-order valence-electron chi connectivity index (χ1n) is 7.67. The second-order valence-corrected chi connectivity index (χ2v) is 5.10. The lowest BCUT2D eigenvalue weighted by Gasteiger charge is -2.19. The van der Waals surface area contributed by atoms with Gasteiger partial charge in [-0.05, 0) is 37.6 Å². The molecule has 1 aromatic carbocycles. The molecule has 1 aromatic rings. The Kier molecular flexibility index (Phi) is 7.78. The van der Waals surface area contributed by atoms with Crippen molar-refractivity contribution in [3.63, 3.8) is 0 Å². The van der Waals surface area contributed by atoms with Gasteiger partial charge in [-0.25, -0.2) is 4.79 Å². The molecule has 0 heterocycles. The van der Waals surface area contributed by atoms with Crippen molar-refractivity contribution in [3.8, 4) is 0 Å². The van der Waals surface area contributed by atoms with Gasteiger partial charge in [0.2, 0.25) is 0 Å². The largest absolute Gasteiger partial charge is 0.462 e. The molecular weight excluding hydrogens is 250 g/mol. The normalized spacial score (nSPS) is 10.3. The Bertz CT molecular complexity index is 386. The first-order chi connectivity index (χ1) is 9.69. The first kappa shape index (κ1) is 16.5. The van der Waals surface area contributed by atoms with Gasteiger partial charge in [-0.15, -0.1) is 0 Å². The number of nitrogens with zero attached hydrogens (tertiary/aromatic N) is 1. The molecule has 0 aliphatic heterocycles. The average molecular weight is 277 g/mol. The van der Waals surface area contributed by atoms with Crippen molar-refractivity contribution in [3.05, 3.63) is 29.8 Å². The summed E-state index contributed by atoms with van der Waals surface area (Å²) in [5.41, 5.74) is 1.76. The number of hydrogen-bond acceptors (Lipinski definition) is 3. The molecule has 0 aliphatic carbocycles. The van der Waals surface area contributed by atoms with Crippen molar-refractivity contribution in [2.45, 2.75) is 46.0 Å². The van der Waals surface area contributed by atoms with Gasteiger partial charge >= 0.3 is 5.97 Å². The van der Waals surface area contributed by atoms with Crippen LogP contribution in [0, 0.1) is 0 Å². The fraction of sp³-hybridized carbons (Fsp3) is 0.588. The number of benzene rings is 1. The Labute approximate surface area is 122 Å². The zero-order valence-electron chi connectivity index (χ0n) is 13.0. The maximum atomic E-state index is 11.6. The highest BCUT2D eigenvalue weighted by Gasteiger charge is 2.07. The Balaban J connectivity index is 2.41. The topological polar surface area (TPSA) is 29.5 Å². The predicted octanol–water partition coefficient (Wildman–Crippen LogP) is 4.27. The summed E-state index contributed by atoms with van der Waals surface area (Å²) in [6, 6.07) is 7.64. The quantitative estimate of drug-likeness (QED) is 0.498. The predicted molar refractivity (Wildman–Crippen MR) is 84.4 cm³/mol. The summed E-state index contributed by atoms with van der Waals surface area (Å²) in [5.74, 6) is -0.249. The second kappa shape index (κ2) is 9.40. The molecule has 0 radical (unpaired) electrons. The summed E-state index contributed by atoms with van der Waals surface area (Å²) in [7, 11) is 2.10. The lowest BCUT2D eigenvalue weighted by molar-refractivity contribution is 0.0526. The number of anilines is 1. The van der Waals surface area contributed by atoms with Crippen LogP contribution in [0.5, 0.6) is 0 Å². The van der Waals surface area contributed by atoms with E-state index in [2.05, 4.69) is 18.9 Å². The van der Waals surface area contributed by atoms with Crippen LogP contribution in [0.4, 0.5) is 5.69 Å². The third kappa shape index (κ3) is 5.64. The number of unbranched alkanes of at least 4 members (excludes halogenated alkanes) is 4. The number of rotatable bonds is 9. The molecular formula is C17H27NO2. The van der Waals surface area contributed by atoms with Crippen LogP contribution in [-0.2, 0) is 4.74 Å². The van der Waals surface area contributed by atoms with Gasteiger partial charge in [-0.1, -0.05) is 32.6 Å². The highest BCUT2D eigenvalue weighted by molar-refractivity contribution is 5.89. The van der Waals surface area contributed by atoms with Crippen LogP contribution >= 0.6 is 0 Å². The molecule has 0 unspecified atom stereocenters. The van der Waals surface area contributed by atoms with E-state index in [0.29, 0.717) is 12.2 Å². The smallest absolute Gasteiger partial charge is 0.338 e. The van der Waals surface area contributed by atoms with Crippen molar-refractivity contribution >= 4 is 11.7 Å². The summed E-state index contributed by atoms with van der Waals surface area (Å²) < 4.78 is 4.98. The molecule has 0 fully saturated rings. The number of hydrogen-bond donors (Lipinski definition) is 0. The molecule has 3 nitrogen and oxygen atoms in total. The Morgan fingerprint density at radius 2 is 1.70 bits per heavy atom. The van der Waals surface area contributed by atoms with E-state index in [1.165, 1.54) is 32.1 Å². The Hall–Kier alpha value is -1.51. The van der Waals surface area contributed by atoms with Crippen LogP contribution < -0.4 is 4.90 Å². The lowest BCUT2D eigenvalue weighted by atomic mass is 10.1. The highest BCUT2D eigenvalue weighted by Crippen LogP contribution is 2.15. The molecule has 0 saturated carbocycles. The molecule has 0 spiro atoms. The molecule has 0 saturated heterocycles. The third-order valence-corrected chi connectivity index (χ3v) is 3.42. The fourth-order valence-corrected chi connectivity index (χ4v) is 2.15. The van der Waals surface area contributed by atoms with Gasteiger partial charge in [0, 0.05) is 19.3 Å². The van der Waals surface area contributed by atoms with Gasteiger partial charge in [-0.3, -0.25) is 0 Å². The number of esters is 1. The summed E-state index contributed by atoms with van der Waals surface area (Å²) >= 11 is 0. The van der Waals surface area contributed by atoms with Crippen LogP contribution in [0.15, 0.2) is 24.3 Å². The number of ether oxygens (including phenoxy) is 1. The monoisotopic (exact) mass is 277 g/mol. The summed E-state index contributed by atoms with van der Waals surface area (Å²) in [4.78, 5) is 13.8. The SMILES string of the molecule is CCCCCCCN(C)c1ccc(C(=O)OCC)cc1. The molecule has 0 aliphatic rings. The molecule has 20 heavy (non-hydrogen) atoms. The summed E-state index contributed by atoms with van der Waals surface area (Å²) in [5, 5.41) is 0. The molecule has 1 rings (SSSR count). The molecule has 3 heteroatoms. The molecule has 0 amide bonds. The number of carbonyl (C=O) groups is 1. The van der Waals surface area contributed by atoms with Crippen LogP contribution in [-0.4, -0.2) is 26.2 Å². The van der Waals surface area contributed by atoms with Crippen LogP contribution in [0.3, 0.4) is 0 Å². The fourth-order valence-electron chi connectivity index (χ4n) is 2.15. The van der Waals surface area contributed by atoms with Gasteiger partial charge in [0.25, 0.3) is 0 Å². The highest BCUT2D eigenvalue weighted by atomic mass is 16.5. The average Bonchev–Trinajstić information content (AvgIpc) is 2.47. The van der Waals surface area contributed by atoms with E-state index in [-0.39, 0.29) is 5.97 Å². The van der Waals surface area contributed by atoms with Crippen molar-refractivity contribution in [1.82, 2.24) is 0 Å². The zero-order valence-corrected chi connectivity index (χ0v) is 13.0. The van der Waals surface area contributed by atoms with E-state index < -0.39 is 0 Å². The zero-order chi connectivity index (χ0) is 14.8. The van der Waals surface area contributed by atoms with Crippen molar-refractivity contribution < 1.29 is 9.53 Å². The minimum atomic E-state index is -0.249. The van der Waals surface area contributed by atoms with E-state index >= 15 is 0 Å². The van der Waals surface area contributed by atoms with Crippen molar-refractivity contribution in [2.24, 2.45) is 0 Å². The Morgan fingerprint density at radius 1 is 1.05 bits per heavy atom. The van der Waals surface area contributed by atoms with Crippen LogP contribution in [0.2, 0.25) is 0 Å². The number of carbonyl (C=O) groups excluding carboxylic acids is 1.